The van der Waals surface area contributed by atoms with Crippen molar-refractivity contribution in [1.82, 2.24) is 9.78 Å². The molecule has 84 valence electrons. The summed E-state index contributed by atoms with van der Waals surface area (Å²) in [5.41, 5.74) is 1.93. The van der Waals surface area contributed by atoms with E-state index in [0.29, 0.717) is 15.7 Å². The van der Waals surface area contributed by atoms with Crippen LogP contribution in [-0.4, -0.2) is 9.78 Å². The Morgan fingerprint density at radius 1 is 1.38 bits per heavy atom. The van der Waals surface area contributed by atoms with Gasteiger partial charge >= 0.3 is 0 Å². The normalized spacial score (nSPS) is 10.8. The van der Waals surface area contributed by atoms with Gasteiger partial charge in [0.05, 0.1) is 5.69 Å². The molecule has 1 N–H and O–H groups in total. The van der Waals surface area contributed by atoms with Gasteiger partial charge in [-0.15, -0.1) is 0 Å². The van der Waals surface area contributed by atoms with E-state index in [1.165, 1.54) is 16.8 Å². The molecular formula is C11H10BrFN2O. The van der Waals surface area contributed by atoms with E-state index in [9.17, 15) is 9.18 Å². The molecule has 16 heavy (non-hydrogen) atoms. The first-order chi connectivity index (χ1) is 7.50. The van der Waals surface area contributed by atoms with Gasteiger partial charge < -0.3 is 0 Å². The summed E-state index contributed by atoms with van der Waals surface area (Å²) in [5.74, 6) is -0.309. The lowest BCUT2D eigenvalue weighted by atomic mass is 10.2. The standard InChI is InChI=1S/C11H10BrFN2O/c1-6-5-8(13)3-4-9(6)15-11(16)10(12)7(2)14-15/h3-5,14H,1-2H3. The molecule has 0 radical (unpaired) electrons. The average Bonchev–Trinajstić information content (AvgIpc) is 2.46. The van der Waals surface area contributed by atoms with Crippen molar-refractivity contribution >= 4 is 15.9 Å². The van der Waals surface area contributed by atoms with E-state index < -0.39 is 0 Å². The van der Waals surface area contributed by atoms with Gasteiger partial charge in [0.2, 0.25) is 0 Å². The molecule has 5 heteroatoms. The zero-order valence-corrected chi connectivity index (χ0v) is 10.4. The molecule has 2 aromatic rings. The van der Waals surface area contributed by atoms with E-state index in [-0.39, 0.29) is 11.4 Å². The van der Waals surface area contributed by atoms with Gasteiger partial charge in [0.1, 0.15) is 10.3 Å². The fourth-order valence-electron chi connectivity index (χ4n) is 1.57. The zero-order chi connectivity index (χ0) is 11.9. The van der Waals surface area contributed by atoms with Crippen LogP contribution in [0.1, 0.15) is 11.3 Å². The lowest BCUT2D eigenvalue weighted by molar-refractivity contribution is 0.625. The second-order valence-electron chi connectivity index (χ2n) is 3.62. The highest BCUT2D eigenvalue weighted by molar-refractivity contribution is 9.10. The number of aromatic nitrogens is 2. The lowest BCUT2D eigenvalue weighted by Crippen LogP contribution is -2.15. The number of aromatic amines is 1. The summed E-state index contributed by atoms with van der Waals surface area (Å²) in [5, 5.41) is 2.92. The number of nitrogens with one attached hydrogen (secondary N) is 1. The third-order valence-corrected chi connectivity index (χ3v) is 3.33. The van der Waals surface area contributed by atoms with E-state index in [2.05, 4.69) is 21.0 Å². The fourth-order valence-corrected chi connectivity index (χ4v) is 1.83. The Kier molecular flexibility index (Phi) is 2.71. The van der Waals surface area contributed by atoms with Gasteiger partial charge in [-0.25, -0.2) is 9.07 Å². The van der Waals surface area contributed by atoms with Gasteiger partial charge in [-0.3, -0.25) is 9.89 Å². The van der Waals surface area contributed by atoms with E-state index >= 15 is 0 Å². The molecule has 1 aromatic carbocycles. The summed E-state index contributed by atoms with van der Waals surface area (Å²) in [6.45, 7) is 3.55. The molecule has 0 saturated carbocycles. The molecule has 0 aliphatic carbocycles. The van der Waals surface area contributed by atoms with Crippen LogP contribution in [0.5, 0.6) is 0 Å². The van der Waals surface area contributed by atoms with E-state index in [1.54, 1.807) is 19.9 Å². The Balaban J connectivity index is 2.68. The number of aryl methyl sites for hydroxylation is 2. The first-order valence-corrected chi connectivity index (χ1v) is 5.53. The van der Waals surface area contributed by atoms with Crippen molar-refractivity contribution in [1.29, 1.82) is 0 Å². The molecule has 0 saturated heterocycles. The van der Waals surface area contributed by atoms with Crippen molar-refractivity contribution in [3.8, 4) is 5.69 Å². The van der Waals surface area contributed by atoms with Crippen LogP contribution in [-0.2, 0) is 0 Å². The van der Waals surface area contributed by atoms with Gasteiger partial charge in [-0.2, -0.15) is 0 Å². The van der Waals surface area contributed by atoms with Crippen LogP contribution in [0.3, 0.4) is 0 Å². The molecule has 0 spiro atoms. The number of rotatable bonds is 1. The van der Waals surface area contributed by atoms with Gasteiger partial charge in [0.15, 0.2) is 0 Å². The van der Waals surface area contributed by atoms with Crippen LogP contribution in [0.2, 0.25) is 0 Å². The Bertz CT molecular complexity index is 601. The molecule has 0 fully saturated rings. The maximum Gasteiger partial charge on any atom is 0.285 e. The molecule has 0 unspecified atom stereocenters. The van der Waals surface area contributed by atoms with Crippen molar-refractivity contribution in [3.63, 3.8) is 0 Å². The number of hydrogen-bond donors (Lipinski definition) is 1. The second kappa shape index (κ2) is 3.90. The minimum absolute atomic E-state index is 0.174. The van der Waals surface area contributed by atoms with E-state index in [0.717, 1.165) is 5.69 Å². The van der Waals surface area contributed by atoms with Crippen molar-refractivity contribution in [2.45, 2.75) is 13.8 Å². The Morgan fingerprint density at radius 2 is 2.06 bits per heavy atom. The summed E-state index contributed by atoms with van der Waals surface area (Å²) in [6.07, 6.45) is 0. The van der Waals surface area contributed by atoms with Gasteiger partial charge in [-0.05, 0) is 53.5 Å². The van der Waals surface area contributed by atoms with E-state index in [4.69, 9.17) is 0 Å². The Morgan fingerprint density at radius 3 is 2.56 bits per heavy atom. The topological polar surface area (TPSA) is 37.8 Å². The summed E-state index contributed by atoms with van der Waals surface area (Å²) in [4.78, 5) is 11.8. The Labute approximate surface area is 100 Å². The predicted octanol–water partition coefficient (Wildman–Crippen LogP) is 2.68. The maximum atomic E-state index is 12.9. The third-order valence-electron chi connectivity index (χ3n) is 2.40. The Hall–Kier alpha value is -1.36. The number of halogens is 2. The summed E-state index contributed by atoms with van der Waals surface area (Å²) in [6, 6.07) is 4.30. The van der Waals surface area contributed by atoms with Crippen LogP contribution in [0.25, 0.3) is 5.69 Å². The molecule has 1 aromatic heterocycles. The summed E-state index contributed by atoms with van der Waals surface area (Å²) in [7, 11) is 0. The summed E-state index contributed by atoms with van der Waals surface area (Å²) < 4.78 is 14.8. The molecule has 2 rings (SSSR count). The molecule has 0 atom stereocenters. The minimum Gasteiger partial charge on any atom is -0.294 e. The van der Waals surface area contributed by atoms with E-state index in [1.807, 2.05) is 0 Å². The molecule has 3 nitrogen and oxygen atoms in total. The number of hydrogen-bond acceptors (Lipinski definition) is 1. The average molecular weight is 285 g/mol. The predicted molar refractivity (Wildman–Crippen MR) is 63.5 cm³/mol. The van der Waals surface area contributed by atoms with Crippen molar-refractivity contribution in [2.75, 3.05) is 0 Å². The SMILES string of the molecule is Cc1cc(F)ccc1-n1[nH]c(C)c(Br)c1=O. The van der Waals surface area contributed by atoms with Crippen LogP contribution >= 0.6 is 15.9 Å². The van der Waals surface area contributed by atoms with Crippen molar-refractivity contribution in [3.05, 3.63) is 50.1 Å². The molecule has 0 amide bonds. The largest absolute Gasteiger partial charge is 0.294 e. The highest BCUT2D eigenvalue weighted by Crippen LogP contribution is 2.15. The van der Waals surface area contributed by atoms with Crippen LogP contribution in [0, 0.1) is 19.7 Å². The second-order valence-corrected chi connectivity index (χ2v) is 4.42. The number of H-pyrrole nitrogens is 1. The smallest absolute Gasteiger partial charge is 0.285 e. The van der Waals surface area contributed by atoms with Crippen LogP contribution in [0.15, 0.2) is 27.5 Å². The fraction of sp³-hybridized carbons (Fsp3) is 0.182. The van der Waals surface area contributed by atoms with Crippen molar-refractivity contribution in [2.24, 2.45) is 0 Å². The van der Waals surface area contributed by atoms with Crippen LogP contribution in [0.4, 0.5) is 4.39 Å². The minimum atomic E-state index is -0.309. The van der Waals surface area contributed by atoms with Crippen molar-refractivity contribution < 1.29 is 4.39 Å². The molecule has 0 bridgehead atoms. The van der Waals surface area contributed by atoms with Gasteiger partial charge in [0, 0.05) is 5.69 Å². The molecule has 1 heterocycles. The highest BCUT2D eigenvalue weighted by Gasteiger charge is 2.11. The number of benzene rings is 1. The number of nitrogens with zero attached hydrogens (tertiary/aromatic N) is 1. The quantitative estimate of drug-likeness (QED) is 0.859. The third kappa shape index (κ3) is 1.71. The highest BCUT2D eigenvalue weighted by atomic mass is 79.9. The zero-order valence-electron chi connectivity index (χ0n) is 8.84. The maximum absolute atomic E-state index is 12.9. The molecule has 0 aliphatic rings. The monoisotopic (exact) mass is 284 g/mol. The van der Waals surface area contributed by atoms with Gasteiger partial charge in [-0.1, -0.05) is 0 Å². The van der Waals surface area contributed by atoms with Crippen LogP contribution < -0.4 is 5.56 Å². The first-order valence-electron chi connectivity index (χ1n) is 4.74. The molecule has 0 aliphatic heterocycles. The lowest BCUT2D eigenvalue weighted by Gasteiger charge is -2.05. The first kappa shape index (κ1) is 11.1. The summed E-state index contributed by atoms with van der Waals surface area (Å²) >= 11 is 3.20. The van der Waals surface area contributed by atoms with Gasteiger partial charge in [0.25, 0.3) is 5.56 Å². The molecular weight excluding hydrogens is 275 g/mol.